The Morgan fingerprint density at radius 2 is 1.64 bits per heavy atom. The van der Waals surface area contributed by atoms with Crippen molar-refractivity contribution in [1.29, 1.82) is 0 Å². The largest absolute Gasteiger partial charge is 0.497 e. The van der Waals surface area contributed by atoms with Gasteiger partial charge in [-0.25, -0.2) is 0 Å². The van der Waals surface area contributed by atoms with Crippen LogP contribution in [0.25, 0.3) is 0 Å². The number of methoxy groups -OCH3 is 1. The number of carboxylic acid groups (broad SMARTS) is 1. The summed E-state index contributed by atoms with van der Waals surface area (Å²) in [5, 5.41) is 13.3. The highest BCUT2D eigenvalue weighted by molar-refractivity contribution is 6.01. The molecular weight excluding hydrogens is 462 g/mol. The molecule has 3 aromatic carbocycles. The van der Waals surface area contributed by atoms with Gasteiger partial charge in [-0.15, -0.1) is 0 Å². The molecule has 1 aliphatic heterocycles. The van der Waals surface area contributed by atoms with Gasteiger partial charge < -0.3 is 28.9 Å². The third-order valence-electron chi connectivity index (χ3n) is 6.02. The Bertz CT molecular complexity index is 1190. The maximum absolute atomic E-state index is 11.2. The highest BCUT2D eigenvalue weighted by Gasteiger charge is 2.42. The molecule has 4 rings (SSSR count). The zero-order valence-electron chi connectivity index (χ0n) is 20.3. The van der Waals surface area contributed by atoms with E-state index < -0.39 is 11.4 Å². The summed E-state index contributed by atoms with van der Waals surface area (Å²) in [6.07, 6.45) is 0.0555. The fraction of sp³-hybridized carbons (Fsp3) is 0.286. The molecular formula is C28H29NO7. The zero-order valence-corrected chi connectivity index (χ0v) is 20.3. The molecule has 0 aliphatic carbocycles. The zero-order chi connectivity index (χ0) is 25.4. The van der Waals surface area contributed by atoms with Crippen molar-refractivity contribution in [3.05, 3.63) is 89.5 Å². The molecule has 188 valence electrons. The molecule has 1 aliphatic rings. The first-order valence-corrected chi connectivity index (χ1v) is 11.5. The molecule has 0 atom stereocenters. The van der Waals surface area contributed by atoms with Crippen LogP contribution in [-0.4, -0.2) is 50.8 Å². The molecule has 0 saturated carbocycles. The van der Waals surface area contributed by atoms with Gasteiger partial charge in [0.2, 0.25) is 0 Å². The lowest BCUT2D eigenvalue weighted by Gasteiger charge is -2.40. The number of hydrogen-bond donors (Lipinski definition) is 1. The minimum Gasteiger partial charge on any atom is -0.497 e. The van der Waals surface area contributed by atoms with Crippen LogP contribution in [-0.2, 0) is 26.4 Å². The SMILES string of the molecule is CO/N=C(/COc1ccc(COc2ccc(C3(CC(=O)O)COC3)cc2)cc1)c1cccc(OC)c1. The summed E-state index contributed by atoms with van der Waals surface area (Å²) in [5.41, 5.74) is 2.99. The van der Waals surface area contributed by atoms with Crippen molar-refractivity contribution in [3.63, 3.8) is 0 Å². The van der Waals surface area contributed by atoms with E-state index in [0.29, 0.717) is 37.0 Å². The fourth-order valence-corrected chi connectivity index (χ4v) is 3.99. The summed E-state index contributed by atoms with van der Waals surface area (Å²) in [4.78, 5) is 16.2. The predicted molar refractivity (Wildman–Crippen MR) is 134 cm³/mol. The second-order valence-corrected chi connectivity index (χ2v) is 8.54. The standard InChI is InChI=1S/C28H29NO7/c1-32-25-5-3-4-21(14-25)26(29-33-2)17-36-23-10-6-20(7-11-23)16-35-24-12-8-22(9-13-24)28(15-27(30)31)18-34-19-28/h3-14H,15-19H2,1-2H3,(H,30,31)/b29-26-. The number of nitrogens with zero attached hydrogens (tertiary/aromatic N) is 1. The molecule has 1 heterocycles. The summed E-state index contributed by atoms with van der Waals surface area (Å²) in [6, 6.07) is 22.7. The maximum Gasteiger partial charge on any atom is 0.304 e. The monoisotopic (exact) mass is 491 g/mol. The number of oxime groups is 1. The second-order valence-electron chi connectivity index (χ2n) is 8.54. The topological polar surface area (TPSA) is 95.8 Å². The summed E-state index contributed by atoms with van der Waals surface area (Å²) in [5.74, 6) is 1.31. The number of rotatable bonds is 12. The van der Waals surface area contributed by atoms with Crippen molar-refractivity contribution in [2.75, 3.05) is 34.0 Å². The maximum atomic E-state index is 11.2. The first-order chi connectivity index (χ1) is 17.5. The summed E-state index contributed by atoms with van der Waals surface area (Å²) in [6.45, 7) is 1.47. The Morgan fingerprint density at radius 1 is 0.944 bits per heavy atom. The average molecular weight is 492 g/mol. The Balaban J connectivity index is 1.31. The van der Waals surface area contributed by atoms with Gasteiger partial charge in [-0.2, -0.15) is 0 Å². The van der Waals surface area contributed by atoms with E-state index in [1.165, 1.54) is 7.11 Å². The Hall–Kier alpha value is -4.04. The number of hydrogen-bond acceptors (Lipinski definition) is 7. The molecule has 0 bridgehead atoms. The van der Waals surface area contributed by atoms with Crippen LogP contribution >= 0.6 is 0 Å². The van der Waals surface area contributed by atoms with Gasteiger partial charge in [0.15, 0.2) is 0 Å². The highest BCUT2D eigenvalue weighted by atomic mass is 16.6. The molecule has 0 radical (unpaired) electrons. The molecule has 1 saturated heterocycles. The van der Waals surface area contributed by atoms with Gasteiger partial charge in [0, 0.05) is 5.56 Å². The number of carbonyl (C=O) groups is 1. The van der Waals surface area contributed by atoms with E-state index >= 15 is 0 Å². The van der Waals surface area contributed by atoms with Crippen LogP contribution in [0.15, 0.2) is 78.0 Å². The van der Waals surface area contributed by atoms with Gasteiger partial charge >= 0.3 is 5.97 Å². The second kappa shape index (κ2) is 11.6. The van der Waals surface area contributed by atoms with E-state index in [2.05, 4.69) is 5.16 Å². The highest BCUT2D eigenvalue weighted by Crippen LogP contribution is 2.36. The molecule has 0 unspecified atom stereocenters. The molecule has 3 aromatic rings. The van der Waals surface area contributed by atoms with Gasteiger partial charge in [0.05, 0.1) is 32.2 Å². The number of carboxylic acids is 1. The third kappa shape index (κ3) is 6.14. The van der Waals surface area contributed by atoms with Crippen molar-refractivity contribution >= 4 is 11.7 Å². The Labute approximate surface area is 210 Å². The minimum absolute atomic E-state index is 0.0555. The summed E-state index contributed by atoms with van der Waals surface area (Å²) < 4.78 is 22.4. The average Bonchev–Trinajstić information content (AvgIpc) is 2.88. The van der Waals surface area contributed by atoms with Crippen molar-refractivity contribution in [3.8, 4) is 17.2 Å². The van der Waals surface area contributed by atoms with Crippen molar-refractivity contribution in [2.45, 2.75) is 18.4 Å². The van der Waals surface area contributed by atoms with E-state index in [0.717, 1.165) is 22.4 Å². The van der Waals surface area contributed by atoms with E-state index in [1.807, 2.05) is 72.8 Å². The van der Waals surface area contributed by atoms with Crippen LogP contribution in [0, 0.1) is 0 Å². The van der Waals surface area contributed by atoms with Crippen LogP contribution in [0.5, 0.6) is 17.2 Å². The molecule has 8 heteroatoms. The van der Waals surface area contributed by atoms with E-state index in [4.69, 9.17) is 23.8 Å². The molecule has 0 spiro atoms. The predicted octanol–water partition coefficient (Wildman–Crippen LogP) is 4.45. The van der Waals surface area contributed by atoms with Crippen LogP contribution < -0.4 is 14.2 Å². The summed E-state index contributed by atoms with van der Waals surface area (Å²) in [7, 11) is 3.11. The molecule has 0 amide bonds. The van der Waals surface area contributed by atoms with Crippen LogP contribution in [0.3, 0.4) is 0 Å². The normalized spacial score (nSPS) is 14.4. The number of ether oxygens (including phenoxy) is 4. The van der Waals surface area contributed by atoms with Crippen LogP contribution in [0.2, 0.25) is 0 Å². The fourth-order valence-electron chi connectivity index (χ4n) is 3.99. The first-order valence-electron chi connectivity index (χ1n) is 11.5. The van der Waals surface area contributed by atoms with Gasteiger partial charge in [0.25, 0.3) is 0 Å². The Kier molecular flexibility index (Phi) is 8.07. The van der Waals surface area contributed by atoms with Crippen molar-refractivity contribution < 1.29 is 33.7 Å². The van der Waals surface area contributed by atoms with Crippen molar-refractivity contribution in [1.82, 2.24) is 0 Å². The number of benzene rings is 3. The Morgan fingerprint density at radius 3 is 2.25 bits per heavy atom. The lowest BCUT2D eigenvalue weighted by molar-refractivity contribution is -0.145. The van der Waals surface area contributed by atoms with Crippen LogP contribution in [0.1, 0.15) is 23.1 Å². The molecule has 1 N–H and O–H groups in total. The smallest absolute Gasteiger partial charge is 0.304 e. The molecule has 0 aromatic heterocycles. The quantitative estimate of drug-likeness (QED) is 0.295. The van der Waals surface area contributed by atoms with Crippen molar-refractivity contribution in [2.24, 2.45) is 5.16 Å². The first kappa shape index (κ1) is 25.1. The third-order valence-corrected chi connectivity index (χ3v) is 6.02. The van der Waals surface area contributed by atoms with Gasteiger partial charge in [-0.3, -0.25) is 4.79 Å². The molecule has 1 fully saturated rings. The van der Waals surface area contributed by atoms with E-state index in [1.54, 1.807) is 7.11 Å². The lowest BCUT2D eigenvalue weighted by Crippen LogP contribution is -2.48. The van der Waals surface area contributed by atoms with Crippen LogP contribution in [0.4, 0.5) is 0 Å². The lowest BCUT2D eigenvalue weighted by atomic mass is 9.76. The minimum atomic E-state index is -0.825. The van der Waals surface area contributed by atoms with E-state index in [-0.39, 0.29) is 13.0 Å². The summed E-state index contributed by atoms with van der Waals surface area (Å²) >= 11 is 0. The van der Waals surface area contributed by atoms with Gasteiger partial charge in [-0.1, -0.05) is 41.6 Å². The van der Waals surface area contributed by atoms with Gasteiger partial charge in [0.1, 0.15) is 43.3 Å². The number of aliphatic carboxylic acids is 1. The van der Waals surface area contributed by atoms with E-state index in [9.17, 15) is 9.90 Å². The molecule has 36 heavy (non-hydrogen) atoms. The van der Waals surface area contributed by atoms with Gasteiger partial charge in [-0.05, 0) is 47.5 Å². The molecule has 8 nitrogen and oxygen atoms in total.